The molecule has 0 bridgehead atoms. The molecule has 2 aromatic rings. The molecule has 1 saturated carbocycles. The Hall–Kier alpha value is -2.37. The number of esters is 1. The van der Waals surface area contributed by atoms with Crippen LogP contribution in [0.5, 0.6) is 5.75 Å². The van der Waals surface area contributed by atoms with Crippen LogP contribution in [0.4, 0.5) is 0 Å². The van der Waals surface area contributed by atoms with E-state index in [1.54, 1.807) is 0 Å². The molecule has 5 nitrogen and oxygen atoms in total. The molecule has 36 heavy (non-hydrogen) atoms. The first-order chi connectivity index (χ1) is 17.5. The molecule has 1 saturated heterocycles. The third kappa shape index (κ3) is 5.33. The maximum atomic E-state index is 13.5. The number of carbonyl (C=O) groups is 1. The predicted molar refractivity (Wildman–Crippen MR) is 141 cm³/mol. The lowest BCUT2D eigenvalue weighted by molar-refractivity contribution is -0.899. The fourth-order valence-electron chi connectivity index (χ4n) is 6.74. The molecule has 0 aromatic heterocycles. The van der Waals surface area contributed by atoms with Crippen LogP contribution in [-0.4, -0.2) is 55.0 Å². The Morgan fingerprint density at radius 3 is 2.58 bits per heavy atom. The minimum atomic E-state index is -1.55. The molecule has 0 radical (unpaired) electrons. The summed E-state index contributed by atoms with van der Waals surface area (Å²) in [5.74, 6) is 0.530. The second kappa shape index (κ2) is 10.9. The molecule has 1 N–H and O–H groups in total. The van der Waals surface area contributed by atoms with Gasteiger partial charge in [0.1, 0.15) is 12.3 Å². The highest BCUT2D eigenvalue weighted by Crippen LogP contribution is 2.42. The van der Waals surface area contributed by atoms with Crippen molar-refractivity contribution in [2.24, 2.45) is 5.92 Å². The molecule has 3 atom stereocenters. The molecule has 0 spiro atoms. The molecule has 194 valence electrons. The number of quaternary nitrogens is 1. The molecular weight excluding hydrogens is 450 g/mol. The van der Waals surface area contributed by atoms with Gasteiger partial charge in [-0.25, -0.2) is 4.79 Å². The number of fused-ring (bicyclic) bond motifs is 1. The van der Waals surface area contributed by atoms with Crippen molar-refractivity contribution in [3.05, 3.63) is 65.2 Å². The minimum absolute atomic E-state index is 0.0736. The maximum absolute atomic E-state index is 13.5. The van der Waals surface area contributed by atoms with Crippen molar-refractivity contribution in [3.8, 4) is 5.75 Å². The van der Waals surface area contributed by atoms with E-state index in [1.807, 2.05) is 30.3 Å². The van der Waals surface area contributed by atoms with Crippen LogP contribution < -0.4 is 4.74 Å². The third-order valence-corrected chi connectivity index (χ3v) is 8.83. The highest BCUT2D eigenvalue weighted by molar-refractivity contribution is 5.81. The summed E-state index contributed by atoms with van der Waals surface area (Å²) in [6.45, 7) is 3.48. The summed E-state index contributed by atoms with van der Waals surface area (Å²) in [5.41, 5.74) is 1.98. The van der Waals surface area contributed by atoms with Crippen molar-refractivity contribution in [1.82, 2.24) is 0 Å². The smallest absolute Gasteiger partial charge is 0.343 e. The Labute approximate surface area is 216 Å². The SMILES string of the molecule is C[N+]1(CCCOc2cccc3c2CCCC3)CCC(OC(=O)[C@](O)(c2ccccc2)C2CCCC2)C1. The predicted octanol–water partition coefficient (Wildman–Crippen LogP) is 5.17. The monoisotopic (exact) mass is 492 g/mol. The van der Waals surface area contributed by atoms with Crippen LogP contribution in [0.1, 0.15) is 68.1 Å². The van der Waals surface area contributed by atoms with E-state index in [0.717, 1.165) is 74.8 Å². The van der Waals surface area contributed by atoms with Gasteiger partial charge in [-0.3, -0.25) is 0 Å². The first-order valence-electron chi connectivity index (χ1n) is 14.0. The Morgan fingerprint density at radius 2 is 1.78 bits per heavy atom. The number of carbonyl (C=O) groups excluding carboxylic acids is 1. The lowest BCUT2D eigenvalue weighted by Gasteiger charge is -2.33. The lowest BCUT2D eigenvalue weighted by Crippen LogP contribution is -2.47. The number of benzene rings is 2. The quantitative estimate of drug-likeness (QED) is 0.298. The summed E-state index contributed by atoms with van der Waals surface area (Å²) in [5, 5.41) is 11.7. The second-order valence-electron chi connectivity index (χ2n) is 11.5. The van der Waals surface area contributed by atoms with Gasteiger partial charge < -0.3 is 19.1 Å². The summed E-state index contributed by atoms with van der Waals surface area (Å²) in [7, 11) is 2.25. The van der Waals surface area contributed by atoms with Gasteiger partial charge in [-0.1, -0.05) is 55.3 Å². The van der Waals surface area contributed by atoms with Crippen molar-refractivity contribution < 1.29 is 23.9 Å². The largest absolute Gasteiger partial charge is 0.493 e. The Balaban J connectivity index is 1.15. The molecular formula is C31H42NO4+. The van der Waals surface area contributed by atoms with E-state index in [-0.39, 0.29) is 12.0 Å². The first-order valence-corrected chi connectivity index (χ1v) is 14.0. The summed E-state index contributed by atoms with van der Waals surface area (Å²) in [6.07, 6.45) is 10.3. The van der Waals surface area contributed by atoms with Gasteiger partial charge in [0.15, 0.2) is 11.7 Å². The normalized spacial score (nSPS) is 25.8. The number of ether oxygens (including phenoxy) is 2. The van der Waals surface area contributed by atoms with Crippen LogP contribution in [-0.2, 0) is 28.0 Å². The number of nitrogens with zero attached hydrogens (tertiary/aromatic N) is 1. The van der Waals surface area contributed by atoms with Gasteiger partial charge >= 0.3 is 5.97 Å². The van der Waals surface area contributed by atoms with Gasteiger partial charge in [0, 0.05) is 18.8 Å². The number of aliphatic hydroxyl groups is 1. The molecule has 2 unspecified atom stereocenters. The fourth-order valence-corrected chi connectivity index (χ4v) is 6.74. The van der Waals surface area contributed by atoms with Crippen molar-refractivity contribution in [2.75, 3.05) is 33.3 Å². The summed E-state index contributed by atoms with van der Waals surface area (Å²) in [4.78, 5) is 13.5. The Kier molecular flexibility index (Phi) is 7.68. The van der Waals surface area contributed by atoms with E-state index in [1.165, 1.54) is 30.4 Å². The van der Waals surface area contributed by atoms with Crippen molar-refractivity contribution in [1.29, 1.82) is 0 Å². The topological polar surface area (TPSA) is 55.8 Å². The van der Waals surface area contributed by atoms with Gasteiger partial charge in [-0.05, 0) is 61.3 Å². The average molecular weight is 493 g/mol. The third-order valence-electron chi connectivity index (χ3n) is 8.83. The van der Waals surface area contributed by atoms with Crippen LogP contribution in [0.15, 0.2) is 48.5 Å². The Bertz CT molecular complexity index is 1030. The Morgan fingerprint density at radius 1 is 1.00 bits per heavy atom. The highest BCUT2D eigenvalue weighted by atomic mass is 16.6. The van der Waals surface area contributed by atoms with Gasteiger partial charge in [0.2, 0.25) is 0 Å². The minimum Gasteiger partial charge on any atom is -0.493 e. The van der Waals surface area contributed by atoms with E-state index in [0.29, 0.717) is 12.2 Å². The molecule has 1 heterocycles. The van der Waals surface area contributed by atoms with Crippen LogP contribution in [0.25, 0.3) is 0 Å². The van der Waals surface area contributed by atoms with E-state index in [4.69, 9.17) is 9.47 Å². The van der Waals surface area contributed by atoms with Gasteiger partial charge in [0.05, 0.1) is 26.7 Å². The van der Waals surface area contributed by atoms with E-state index >= 15 is 0 Å². The number of hydrogen-bond acceptors (Lipinski definition) is 4. The highest BCUT2D eigenvalue weighted by Gasteiger charge is 2.49. The standard InChI is InChI=1S/C31H42NO4/c1-32(20-10-22-35-29-18-9-12-24-11-5-8-17-28(24)29)21-19-27(23-32)36-30(33)31(34,26-15-6-7-16-26)25-13-3-2-4-14-25/h2-4,9,12-14,18,26-27,34H,5-8,10-11,15-17,19-23H2,1H3/q+1/t27?,31-,32?/m0/s1. The zero-order chi connectivity index (χ0) is 25.0. The fraction of sp³-hybridized carbons (Fsp3) is 0.581. The molecule has 2 aromatic carbocycles. The molecule has 2 aliphatic carbocycles. The lowest BCUT2D eigenvalue weighted by atomic mass is 9.80. The summed E-state index contributed by atoms with van der Waals surface area (Å²) in [6, 6.07) is 15.9. The summed E-state index contributed by atoms with van der Waals surface area (Å²) < 4.78 is 13.1. The number of hydrogen-bond donors (Lipinski definition) is 1. The van der Waals surface area contributed by atoms with Crippen LogP contribution in [0.3, 0.4) is 0 Å². The maximum Gasteiger partial charge on any atom is 0.343 e. The number of likely N-dealkylation sites (tertiary alicyclic amines) is 1. The molecule has 0 amide bonds. The zero-order valence-corrected chi connectivity index (χ0v) is 21.8. The van der Waals surface area contributed by atoms with Crippen molar-refractivity contribution in [3.63, 3.8) is 0 Å². The van der Waals surface area contributed by atoms with E-state index < -0.39 is 11.6 Å². The number of likely N-dealkylation sites (N-methyl/N-ethyl adjacent to an activating group) is 1. The molecule has 3 aliphatic rings. The molecule has 1 aliphatic heterocycles. The zero-order valence-electron chi connectivity index (χ0n) is 21.8. The second-order valence-corrected chi connectivity index (χ2v) is 11.5. The molecule has 2 fully saturated rings. The average Bonchev–Trinajstić information content (AvgIpc) is 3.58. The van der Waals surface area contributed by atoms with Crippen molar-refractivity contribution >= 4 is 5.97 Å². The van der Waals surface area contributed by atoms with Gasteiger partial charge in [0.25, 0.3) is 0 Å². The van der Waals surface area contributed by atoms with Gasteiger partial charge in [-0.15, -0.1) is 0 Å². The van der Waals surface area contributed by atoms with Crippen LogP contribution >= 0.6 is 0 Å². The van der Waals surface area contributed by atoms with E-state index in [9.17, 15) is 9.90 Å². The van der Waals surface area contributed by atoms with Crippen LogP contribution in [0, 0.1) is 5.92 Å². The van der Waals surface area contributed by atoms with Crippen molar-refractivity contribution in [2.45, 2.75) is 75.9 Å². The molecule has 5 heteroatoms. The summed E-state index contributed by atoms with van der Waals surface area (Å²) >= 11 is 0. The van der Waals surface area contributed by atoms with Crippen LogP contribution in [0.2, 0.25) is 0 Å². The molecule has 5 rings (SSSR count). The van der Waals surface area contributed by atoms with E-state index in [2.05, 4.69) is 25.2 Å². The van der Waals surface area contributed by atoms with Gasteiger partial charge in [-0.2, -0.15) is 0 Å². The first kappa shape index (κ1) is 25.3. The number of aryl methyl sites for hydroxylation is 1. The number of rotatable bonds is 9.